The van der Waals surface area contributed by atoms with Crippen molar-refractivity contribution in [2.75, 3.05) is 13.7 Å². The molecule has 9 heteroatoms. The molecule has 1 aromatic rings. The predicted molar refractivity (Wildman–Crippen MR) is 81.3 cm³/mol. The fourth-order valence-electron chi connectivity index (χ4n) is 1.69. The molecule has 1 rings (SSSR count). The summed E-state index contributed by atoms with van der Waals surface area (Å²) >= 11 is 11.7. The van der Waals surface area contributed by atoms with Crippen molar-refractivity contribution < 1.29 is 17.9 Å². The van der Waals surface area contributed by atoms with Crippen LogP contribution in [-0.2, 0) is 14.8 Å². The van der Waals surface area contributed by atoms with Gasteiger partial charge in [0, 0.05) is 7.11 Å². The van der Waals surface area contributed by atoms with Crippen LogP contribution in [0, 0.1) is 0 Å². The van der Waals surface area contributed by atoms with Crippen molar-refractivity contribution in [3.63, 3.8) is 0 Å². The number of carbonyl (C=O) groups is 1. The van der Waals surface area contributed by atoms with Crippen LogP contribution in [0.2, 0.25) is 10.0 Å². The zero-order valence-corrected chi connectivity index (χ0v) is 14.1. The summed E-state index contributed by atoms with van der Waals surface area (Å²) in [7, 11) is -2.55. The molecule has 0 aliphatic carbocycles. The molecule has 1 aromatic carbocycles. The van der Waals surface area contributed by atoms with Gasteiger partial charge in [-0.25, -0.2) is 13.6 Å². The number of hydrogen-bond acceptors (Lipinski definition) is 4. The van der Waals surface area contributed by atoms with Crippen LogP contribution >= 0.6 is 23.2 Å². The summed E-state index contributed by atoms with van der Waals surface area (Å²) in [6.45, 7) is 3.77. The van der Waals surface area contributed by atoms with E-state index >= 15 is 0 Å². The molecular formula is C12H16Cl2N2O4S. The first kappa shape index (κ1) is 18.2. The van der Waals surface area contributed by atoms with E-state index in [0.717, 1.165) is 6.07 Å². The van der Waals surface area contributed by atoms with E-state index < -0.39 is 21.5 Å². The minimum Gasteiger partial charge on any atom is -0.382 e. The molecule has 0 aliphatic heterocycles. The first-order chi connectivity index (χ1) is 9.48. The van der Waals surface area contributed by atoms with E-state index in [1.165, 1.54) is 13.2 Å². The lowest BCUT2D eigenvalue weighted by Gasteiger charge is -2.25. The van der Waals surface area contributed by atoms with Gasteiger partial charge in [0.2, 0.25) is 10.0 Å². The molecule has 21 heavy (non-hydrogen) atoms. The van der Waals surface area contributed by atoms with Crippen molar-refractivity contribution in [2.45, 2.75) is 24.3 Å². The summed E-state index contributed by atoms with van der Waals surface area (Å²) < 4.78 is 27.8. The zero-order chi connectivity index (χ0) is 16.4. The lowest BCUT2D eigenvalue weighted by molar-refractivity contribution is 0.0820. The summed E-state index contributed by atoms with van der Waals surface area (Å²) in [4.78, 5) is 11.9. The first-order valence-electron chi connectivity index (χ1n) is 5.81. The van der Waals surface area contributed by atoms with Crippen molar-refractivity contribution in [1.29, 1.82) is 0 Å². The first-order valence-corrected chi connectivity index (χ1v) is 8.11. The lowest BCUT2D eigenvalue weighted by Crippen LogP contribution is -2.46. The van der Waals surface area contributed by atoms with Crippen molar-refractivity contribution in [3.8, 4) is 0 Å². The smallest absolute Gasteiger partial charge is 0.253 e. The van der Waals surface area contributed by atoms with Gasteiger partial charge in [-0.15, -0.1) is 0 Å². The summed E-state index contributed by atoms with van der Waals surface area (Å²) in [6, 6.07) is 2.22. The number of halogens is 2. The van der Waals surface area contributed by atoms with Gasteiger partial charge < -0.3 is 10.1 Å². The maximum atomic E-state index is 12.2. The number of rotatable bonds is 5. The molecule has 0 saturated heterocycles. The van der Waals surface area contributed by atoms with Crippen LogP contribution < -0.4 is 10.5 Å². The van der Waals surface area contributed by atoms with Gasteiger partial charge >= 0.3 is 0 Å². The minimum absolute atomic E-state index is 0.0260. The van der Waals surface area contributed by atoms with E-state index in [0.29, 0.717) is 0 Å². The normalized spacial score (nSPS) is 12.3. The van der Waals surface area contributed by atoms with Gasteiger partial charge in [0.25, 0.3) is 5.91 Å². The van der Waals surface area contributed by atoms with E-state index in [2.05, 4.69) is 5.32 Å². The second-order valence-corrected chi connectivity index (χ2v) is 7.42. The highest BCUT2D eigenvalue weighted by atomic mass is 35.5. The topological polar surface area (TPSA) is 98.5 Å². The average Bonchev–Trinajstić information content (AvgIpc) is 2.25. The lowest BCUT2D eigenvalue weighted by atomic mass is 10.1. The summed E-state index contributed by atoms with van der Waals surface area (Å²) in [5, 5.41) is 7.61. The van der Waals surface area contributed by atoms with Crippen LogP contribution in [0.5, 0.6) is 0 Å². The van der Waals surface area contributed by atoms with Crippen LogP contribution in [-0.4, -0.2) is 33.6 Å². The third kappa shape index (κ3) is 4.82. The number of primary sulfonamides is 1. The molecule has 0 fully saturated rings. The number of nitrogens with one attached hydrogen (secondary N) is 1. The molecule has 0 unspecified atom stereocenters. The van der Waals surface area contributed by atoms with E-state index in [1.54, 1.807) is 13.8 Å². The maximum absolute atomic E-state index is 12.2. The van der Waals surface area contributed by atoms with E-state index in [-0.39, 0.29) is 27.1 Å². The molecule has 0 aromatic heterocycles. The molecular weight excluding hydrogens is 339 g/mol. The highest BCUT2D eigenvalue weighted by Gasteiger charge is 2.25. The van der Waals surface area contributed by atoms with Crippen molar-refractivity contribution in [1.82, 2.24) is 5.32 Å². The van der Waals surface area contributed by atoms with Crippen LogP contribution in [0.25, 0.3) is 0 Å². The third-order valence-corrected chi connectivity index (χ3v) is 4.22. The Labute approximate surface area is 133 Å². The second kappa shape index (κ2) is 6.50. The largest absolute Gasteiger partial charge is 0.382 e. The van der Waals surface area contributed by atoms with E-state index in [1.807, 2.05) is 0 Å². The summed E-state index contributed by atoms with van der Waals surface area (Å²) in [5.41, 5.74) is -0.689. The number of sulfonamides is 1. The van der Waals surface area contributed by atoms with Crippen LogP contribution in [0.1, 0.15) is 24.2 Å². The van der Waals surface area contributed by atoms with Gasteiger partial charge in [-0.1, -0.05) is 23.2 Å². The quantitative estimate of drug-likeness (QED) is 0.841. The molecule has 3 N–H and O–H groups in total. The van der Waals surface area contributed by atoms with E-state index in [4.69, 9.17) is 33.1 Å². The van der Waals surface area contributed by atoms with Gasteiger partial charge in [0.1, 0.15) is 4.90 Å². The fraction of sp³-hybridized carbons (Fsp3) is 0.417. The Hall–Kier alpha value is -0.860. The number of hydrogen-bond donors (Lipinski definition) is 2. The summed E-state index contributed by atoms with van der Waals surface area (Å²) in [6.07, 6.45) is 0. The monoisotopic (exact) mass is 354 g/mol. The highest BCUT2D eigenvalue weighted by Crippen LogP contribution is 2.28. The number of methoxy groups -OCH3 is 1. The van der Waals surface area contributed by atoms with Crippen molar-refractivity contribution in [2.24, 2.45) is 5.14 Å². The highest BCUT2D eigenvalue weighted by molar-refractivity contribution is 7.89. The standard InChI is InChI=1S/C12H16Cl2N2O4S/c1-12(2,6-20-3)16-11(17)7-4-10(21(15,18)19)9(14)5-8(7)13/h4-5H,6H2,1-3H3,(H,16,17)(H2,15,18,19). The Morgan fingerprint density at radius 1 is 1.33 bits per heavy atom. The number of nitrogens with two attached hydrogens (primary N) is 1. The molecule has 0 saturated carbocycles. The van der Waals surface area contributed by atoms with Gasteiger partial charge in [0.15, 0.2) is 0 Å². The molecule has 118 valence electrons. The van der Waals surface area contributed by atoms with Crippen LogP contribution in [0.4, 0.5) is 0 Å². The number of ether oxygens (including phenoxy) is 1. The van der Waals surface area contributed by atoms with Gasteiger partial charge in [-0.05, 0) is 26.0 Å². The molecule has 6 nitrogen and oxygen atoms in total. The molecule has 0 heterocycles. The molecule has 0 radical (unpaired) electrons. The number of amides is 1. The van der Waals surface area contributed by atoms with Crippen LogP contribution in [0.15, 0.2) is 17.0 Å². The van der Waals surface area contributed by atoms with E-state index in [9.17, 15) is 13.2 Å². The Bertz CT molecular complexity index is 659. The molecule has 0 aliphatic rings. The van der Waals surface area contributed by atoms with Gasteiger partial charge in [0.05, 0.1) is 27.8 Å². The predicted octanol–water partition coefficient (Wildman–Crippen LogP) is 1.80. The minimum atomic E-state index is -4.06. The fourth-order valence-corrected chi connectivity index (χ4v) is 3.10. The molecule has 0 bridgehead atoms. The number of carbonyl (C=O) groups excluding carboxylic acids is 1. The van der Waals surface area contributed by atoms with Crippen LogP contribution in [0.3, 0.4) is 0 Å². The Kier molecular flexibility index (Phi) is 5.63. The molecule has 1 amide bonds. The average molecular weight is 355 g/mol. The third-order valence-electron chi connectivity index (χ3n) is 2.53. The Balaban J connectivity index is 3.22. The SMILES string of the molecule is COCC(C)(C)NC(=O)c1cc(S(N)(=O)=O)c(Cl)cc1Cl. The second-order valence-electron chi connectivity index (χ2n) is 5.08. The molecule has 0 spiro atoms. The van der Waals surface area contributed by atoms with Gasteiger partial charge in [-0.2, -0.15) is 0 Å². The molecule has 0 atom stereocenters. The van der Waals surface area contributed by atoms with Crippen molar-refractivity contribution >= 4 is 39.1 Å². The maximum Gasteiger partial charge on any atom is 0.253 e. The summed E-state index contributed by atoms with van der Waals surface area (Å²) in [5.74, 6) is -0.552. The Morgan fingerprint density at radius 2 is 1.90 bits per heavy atom. The Morgan fingerprint density at radius 3 is 2.38 bits per heavy atom. The number of benzene rings is 1. The van der Waals surface area contributed by atoms with Gasteiger partial charge in [-0.3, -0.25) is 4.79 Å². The zero-order valence-electron chi connectivity index (χ0n) is 11.7. The van der Waals surface area contributed by atoms with Crippen molar-refractivity contribution in [3.05, 3.63) is 27.7 Å².